The largest absolute Gasteiger partial charge is 0.358 e. The van der Waals surface area contributed by atoms with Gasteiger partial charge in [0.05, 0.1) is 12.6 Å². The number of hydrogen-bond acceptors (Lipinski definition) is 3. The molecule has 1 rings (SSSR count). The molecule has 0 bridgehead atoms. The zero-order chi connectivity index (χ0) is 9.68. The summed E-state index contributed by atoms with van der Waals surface area (Å²) in [6.07, 6.45) is 4.01. The van der Waals surface area contributed by atoms with Gasteiger partial charge in [-0.3, -0.25) is 9.69 Å². The van der Waals surface area contributed by atoms with Gasteiger partial charge in [-0.1, -0.05) is 6.42 Å². The first-order valence-corrected chi connectivity index (χ1v) is 4.68. The van der Waals surface area contributed by atoms with E-state index in [-0.39, 0.29) is 11.9 Å². The molecular formula is C9H16N2O2. The SMILES string of the molecule is CNC(=O)CN1CCCCC1C=O. The van der Waals surface area contributed by atoms with Crippen molar-refractivity contribution in [3.63, 3.8) is 0 Å². The van der Waals surface area contributed by atoms with Crippen LogP contribution in [0.25, 0.3) is 0 Å². The minimum atomic E-state index is -0.0500. The van der Waals surface area contributed by atoms with Crippen molar-refractivity contribution in [2.75, 3.05) is 20.1 Å². The zero-order valence-electron chi connectivity index (χ0n) is 7.95. The van der Waals surface area contributed by atoms with Gasteiger partial charge in [0.1, 0.15) is 6.29 Å². The molecule has 1 atom stereocenters. The van der Waals surface area contributed by atoms with E-state index in [1.165, 1.54) is 0 Å². The summed E-state index contributed by atoms with van der Waals surface area (Å²) in [5, 5.41) is 2.56. The van der Waals surface area contributed by atoms with Crippen LogP contribution in [0, 0.1) is 0 Å². The van der Waals surface area contributed by atoms with Gasteiger partial charge in [-0.25, -0.2) is 0 Å². The Kier molecular flexibility index (Phi) is 3.89. The third kappa shape index (κ3) is 2.81. The molecule has 0 aromatic carbocycles. The fourth-order valence-electron chi connectivity index (χ4n) is 1.63. The highest BCUT2D eigenvalue weighted by Crippen LogP contribution is 2.14. The van der Waals surface area contributed by atoms with Crippen LogP contribution in [0.2, 0.25) is 0 Å². The molecule has 74 valence electrons. The van der Waals surface area contributed by atoms with E-state index >= 15 is 0 Å². The molecule has 0 saturated carbocycles. The monoisotopic (exact) mass is 184 g/mol. The van der Waals surface area contributed by atoms with E-state index in [4.69, 9.17) is 0 Å². The van der Waals surface area contributed by atoms with Crippen molar-refractivity contribution in [3.8, 4) is 0 Å². The summed E-state index contributed by atoms with van der Waals surface area (Å²) in [6.45, 7) is 1.21. The average Bonchev–Trinajstić information content (AvgIpc) is 2.18. The first-order chi connectivity index (χ1) is 6.27. The lowest BCUT2D eigenvalue weighted by atomic mass is 10.0. The molecule has 4 nitrogen and oxygen atoms in total. The Morgan fingerprint density at radius 1 is 1.62 bits per heavy atom. The molecule has 0 aromatic rings. The molecule has 0 spiro atoms. The van der Waals surface area contributed by atoms with Crippen molar-refractivity contribution in [2.24, 2.45) is 0 Å². The predicted octanol–water partition coefficient (Wildman–Crippen LogP) is -0.214. The summed E-state index contributed by atoms with van der Waals surface area (Å²) >= 11 is 0. The molecule has 1 N–H and O–H groups in total. The van der Waals surface area contributed by atoms with Crippen LogP contribution in [0.4, 0.5) is 0 Å². The van der Waals surface area contributed by atoms with Crippen molar-refractivity contribution < 1.29 is 9.59 Å². The van der Waals surface area contributed by atoms with Crippen LogP contribution in [0.5, 0.6) is 0 Å². The molecule has 0 aromatic heterocycles. The highest BCUT2D eigenvalue weighted by Gasteiger charge is 2.22. The van der Waals surface area contributed by atoms with E-state index in [9.17, 15) is 9.59 Å². The van der Waals surface area contributed by atoms with E-state index in [1.54, 1.807) is 7.05 Å². The van der Waals surface area contributed by atoms with E-state index in [1.807, 2.05) is 4.90 Å². The molecular weight excluding hydrogens is 168 g/mol. The van der Waals surface area contributed by atoms with Crippen molar-refractivity contribution in [2.45, 2.75) is 25.3 Å². The van der Waals surface area contributed by atoms with Crippen LogP contribution in [0.3, 0.4) is 0 Å². The number of rotatable bonds is 3. The summed E-state index contributed by atoms with van der Waals surface area (Å²) in [6, 6.07) is -0.0500. The number of likely N-dealkylation sites (N-methyl/N-ethyl adjacent to an activating group) is 1. The summed E-state index contributed by atoms with van der Waals surface area (Å²) in [5.41, 5.74) is 0. The minimum absolute atomic E-state index is 0.0197. The molecule has 4 heteroatoms. The Bertz CT molecular complexity index is 194. The second-order valence-corrected chi connectivity index (χ2v) is 3.34. The summed E-state index contributed by atoms with van der Waals surface area (Å²) in [5.74, 6) is -0.0197. The van der Waals surface area contributed by atoms with Gasteiger partial charge in [-0.15, -0.1) is 0 Å². The molecule has 13 heavy (non-hydrogen) atoms. The Morgan fingerprint density at radius 3 is 3.00 bits per heavy atom. The maximum atomic E-state index is 11.1. The quantitative estimate of drug-likeness (QED) is 0.617. The van der Waals surface area contributed by atoms with E-state index in [2.05, 4.69) is 5.32 Å². The van der Waals surface area contributed by atoms with Gasteiger partial charge in [0.2, 0.25) is 5.91 Å². The van der Waals surface area contributed by atoms with E-state index < -0.39 is 0 Å². The highest BCUT2D eigenvalue weighted by molar-refractivity contribution is 5.78. The standard InChI is InChI=1S/C9H16N2O2/c1-10-9(13)6-11-5-3-2-4-8(11)7-12/h7-8H,2-6H2,1H3,(H,10,13). The molecule has 1 amide bonds. The molecule has 1 aliphatic heterocycles. The fourth-order valence-corrected chi connectivity index (χ4v) is 1.63. The van der Waals surface area contributed by atoms with Gasteiger partial charge in [0.25, 0.3) is 0 Å². The molecule has 1 heterocycles. The van der Waals surface area contributed by atoms with Crippen molar-refractivity contribution in [3.05, 3.63) is 0 Å². The normalized spacial score (nSPS) is 23.9. The molecule has 0 aliphatic carbocycles. The molecule has 1 unspecified atom stereocenters. The molecule has 1 saturated heterocycles. The van der Waals surface area contributed by atoms with E-state index in [0.717, 1.165) is 32.1 Å². The first-order valence-electron chi connectivity index (χ1n) is 4.68. The Morgan fingerprint density at radius 2 is 2.38 bits per heavy atom. The summed E-state index contributed by atoms with van der Waals surface area (Å²) < 4.78 is 0. The minimum Gasteiger partial charge on any atom is -0.358 e. The van der Waals surface area contributed by atoms with Crippen molar-refractivity contribution >= 4 is 12.2 Å². The van der Waals surface area contributed by atoms with Crippen LogP contribution >= 0.6 is 0 Å². The number of likely N-dealkylation sites (tertiary alicyclic amines) is 1. The Balaban J connectivity index is 2.44. The fraction of sp³-hybridized carbons (Fsp3) is 0.778. The topological polar surface area (TPSA) is 49.4 Å². The smallest absolute Gasteiger partial charge is 0.233 e. The number of amides is 1. The van der Waals surface area contributed by atoms with Gasteiger partial charge in [0, 0.05) is 7.05 Å². The number of carbonyl (C=O) groups is 2. The maximum absolute atomic E-state index is 11.1. The third-order valence-electron chi connectivity index (χ3n) is 2.45. The van der Waals surface area contributed by atoms with Gasteiger partial charge in [-0.05, 0) is 19.4 Å². The molecule has 1 aliphatic rings. The van der Waals surface area contributed by atoms with E-state index in [0.29, 0.717) is 6.54 Å². The molecule has 0 radical (unpaired) electrons. The van der Waals surface area contributed by atoms with Gasteiger partial charge in [0.15, 0.2) is 0 Å². The van der Waals surface area contributed by atoms with Crippen LogP contribution in [0.15, 0.2) is 0 Å². The first kappa shape index (κ1) is 10.2. The number of hydrogen-bond donors (Lipinski definition) is 1. The number of nitrogens with one attached hydrogen (secondary N) is 1. The lowest BCUT2D eigenvalue weighted by Crippen LogP contribution is -2.45. The van der Waals surface area contributed by atoms with Crippen LogP contribution in [0.1, 0.15) is 19.3 Å². The van der Waals surface area contributed by atoms with Crippen LogP contribution in [-0.2, 0) is 9.59 Å². The van der Waals surface area contributed by atoms with Crippen LogP contribution in [-0.4, -0.2) is 43.3 Å². The Labute approximate surface area is 78.3 Å². The molecule has 1 fully saturated rings. The lowest BCUT2D eigenvalue weighted by Gasteiger charge is -2.31. The van der Waals surface area contributed by atoms with Gasteiger partial charge < -0.3 is 10.1 Å². The number of aldehydes is 1. The Hall–Kier alpha value is -0.900. The average molecular weight is 184 g/mol. The number of carbonyl (C=O) groups excluding carboxylic acids is 2. The zero-order valence-corrected chi connectivity index (χ0v) is 7.95. The van der Waals surface area contributed by atoms with Crippen LogP contribution < -0.4 is 5.32 Å². The van der Waals surface area contributed by atoms with Gasteiger partial charge >= 0.3 is 0 Å². The lowest BCUT2D eigenvalue weighted by molar-refractivity contribution is -0.123. The summed E-state index contributed by atoms with van der Waals surface area (Å²) in [4.78, 5) is 23.7. The predicted molar refractivity (Wildman–Crippen MR) is 49.3 cm³/mol. The summed E-state index contributed by atoms with van der Waals surface area (Å²) in [7, 11) is 1.61. The third-order valence-corrected chi connectivity index (χ3v) is 2.45. The second kappa shape index (κ2) is 4.97. The second-order valence-electron chi connectivity index (χ2n) is 3.34. The number of piperidine rings is 1. The van der Waals surface area contributed by atoms with Crippen molar-refractivity contribution in [1.29, 1.82) is 0 Å². The number of nitrogens with zero attached hydrogens (tertiary/aromatic N) is 1. The van der Waals surface area contributed by atoms with Crippen molar-refractivity contribution in [1.82, 2.24) is 10.2 Å². The maximum Gasteiger partial charge on any atom is 0.233 e. The highest BCUT2D eigenvalue weighted by atomic mass is 16.2. The van der Waals surface area contributed by atoms with Gasteiger partial charge in [-0.2, -0.15) is 0 Å².